The summed E-state index contributed by atoms with van der Waals surface area (Å²) < 4.78 is 5.09. The van der Waals surface area contributed by atoms with Crippen molar-refractivity contribution in [3.05, 3.63) is 35.9 Å². The summed E-state index contributed by atoms with van der Waals surface area (Å²) in [4.78, 5) is 36.4. The monoisotopic (exact) mass is 323 g/mol. The molecule has 1 heterocycles. The number of morpholine rings is 1. The van der Waals surface area contributed by atoms with E-state index in [-0.39, 0.29) is 36.3 Å². The number of Topliss-reactive ketones (excluding diaryl/α,β-unsaturated/α-hetero) is 1. The van der Waals surface area contributed by atoms with Crippen LogP contribution in [0.3, 0.4) is 0 Å². The number of carboxylic acids is 1. The van der Waals surface area contributed by atoms with E-state index in [1.807, 2.05) is 6.07 Å². The fourth-order valence-corrected chi connectivity index (χ4v) is 2.92. The summed E-state index contributed by atoms with van der Waals surface area (Å²) >= 11 is 1.20. The van der Waals surface area contributed by atoms with E-state index in [9.17, 15) is 14.4 Å². The number of carbonyl (C=O) groups is 3. The summed E-state index contributed by atoms with van der Waals surface area (Å²) in [6.07, 6.45) is 0. The first kappa shape index (κ1) is 16.5. The van der Waals surface area contributed by atoms with Crippen molar-refractivity contribution in [1.82, 2.24) is 4.90 Å². The van der Waals surface area contributed by atoms with Crippen LogP contribution in [0.15, 0.2) is 30.3 Å². The lowest BCUT2D eigenvalue weighted by Crippen LogP contribution is -2.53. The fraction of sp³-hybridized carbons (Fsp3) is 0.400. The number of ether oxygens (including phenoxy) is 1. The fourth-order valence-electron chi connectivity index (χ4n) is 2.13. The molecule has 1 aromatic rings. The van der Waals surface area contributed by atoms with Gasteiger partial charge in [-0.25, -0.2) is 4.79 Å². The molecule has 0 spiro atoms. The Morgan fingerprint density at radius 1 is 1.23 bits per heavy atom. The zero-order valence-electron chi connectivity index (χ0n) is 11.9. The first-order valence-electron chi connectivity index (χ1n) is 6.85. The van der Waals surface area contributed by atoms with Gasteiger partial charge in [0.1, 0.15) is 0 Å². The highest BCUT2D eigenvalue weighted by Crippen LogP contribution is 2.12. The van der Waals surface area contributed by atoms with Crippen LogP contribution < -0.4 is 0 Å². The van der Waals surface area contributed by atoms with Crippen LogP contribution in [-0.4, -0.2) is 65.0 Å². The van der Waals surface area contributed by atoms with Crippen LogP contribution in [0.4, 0.5) is 0 Å². The van der Waals surface area contributed by atoms with Gasteiger partial charge in [-0.1, -0.05) is 30.3 Å². The SMILES string of the molecule is O=C(CSCC(=O)N1CCOCC1C(=O)O)c1ccccc1. The molecular formula is C15H17NO5S. The maximum absolute atomic E-state index is 12.1. The Labute approximate surface area is 132 Å². The minimum absolute atomic E-state index is 0.00862. The third-order valence-corrected chi connectivity index (χ3v) is 4.21. The Morgan fingerprint density at radius 3 is 2.64 bits per heavy atom. The van der Waals surface area contributed by atoms with Gasteiger partial charge in [-0.2, -0.15) is 0 Å². The second-order valence-corrected chi connectivity index (χ2v) is 5.78. The lowest BCUT2D eigenvalue weighted by atomic mass is 10.2. The summed E-state index contributed by atoms with van der Waals surface area (Å²) in [5.41, 5.74) is 0.609. The summed E-state index contributed by atoms with van der Waals surface area (Å²) in [6, 6.07) is 7.92. The van der Waals surface area contributed by atoms with Crippen molar-refractivity contribution in [2.24, 2.45) is 0 Å². The van der Waals surface area contributed by atoms with E-state index in [2.05, 4.69) is 0 Å². The number of thioether (sulfide) groups is 1. The van der Waals surface area contributed by atoms with E-state index < -0.39 is 12.0 Å². The van der Waals surface area contributed by atoms with Crippen molar-refractivity contribution < 1.29 is 24.2 Å². The van der Waals surface area contributed by atoms with Crippen molar-refractivity contribution in [3.8, 4) is 0 Å². The molecule has 7 heteroatoms. The molecule has 0 aromatic heterocycles. The average Bonchev–Trinajstić information content (AvgIpc) is 2.55. The zero-order chi connectivity index (χ0) is 15.9. The van der Waals surface area contributed by atoms with Gasteiger partial charge in [0.15, 0.2) is 11.8 Å². The van der Waals surface area contributed by atoms with Crippen LogP contribution in [0.1, 0.15) is 10.4 Å². The van der Waals surface area contributed by atoms with Gasteiger partial charge in [-0.05, 0) is 0 Å². The van der Waals surface area contributed by atoms with Crippen molar-refractivity contribution >= 4 is 29.4 Å². The zero-order valence-corrected chi connectivity index (χ0v) is 12.8. The van der Waals surface area contributed by atoms with E-state index in [1.165, 1.54) is 16.7 Å². The van der Waals surface area contributed by atoms with Crippen LogP contribution >= 0.6 is 11.8 Å². The maximum atomic E-state index is 12.1. The third-order valence-electron chi connectivity index (χ3n) is 3.29. The highest BCUT2D eigenvalue weighted by molar-refractivity contribution is 8.00. The Bertz CT molecular complexity index is 548. The highest BCUT2D eigenvalue weighted by atomic mass is 32.2. The number of hydrogen-bond acceptors (Lipinski definition) is 5. The second kappa shape index (κ2) is 7.95. The lowest BCUT2D eigenvalue weighted by Gasteiger charge is -2.32. The van der Waals surface area contributed by atoms with Gasteiger partial charge >= 0.3 is 5.97 Å². The van der Waals surface area contributed by atoms with Gasteiger partial charge in [0.25, 0.3) is 0 Å². The summed E-state index contributed by atoms with van der Waals surface area (Å²) in [7, 11) is 0. The number of nitrogens with zero attached hydrogens (tertiary/aromatic N) is 1. The van der Waals surface area contributed by atoms with Gasteiger partial charge in [-0.3, -0.25) is 9.59 Å². The number of amides is 1. The number of aliphatic carboxylic acids is 1. The molecule has 1 N–H and O–H groups in total. The molecule has 1 atom stereocenters. The topological polar surface area (TPSA) is 83.9 Å². The first-order valence-corrected chi connectivity index (χ1v) is 8.01. The van der Waals surface area contributed by atoms with E-state index in [0.29, 0.717) is 12.2 Å². The number of carbonyl (C=O) groups excluding carboxylic acids is 2. The number of rotatable bonds is 6. The van der Waals surface area contributed by atoms with Crippen LogP contribution in [0, 0.1) is 0 Å². The molecule has 1 aliphatic heterocycles. The van der Waals surface area contributed by atoms with Crippen molar-refractivity contribution in [2.45, 2.75) is 6.04 Å². The largest absolute Gasteiger partial charge is 0.480 e. The van der Waals surface area contributed by atoms with Crippen molar-refractivity contribution in [2.75, 3.05) is 31.3 Å². The molecule has 118 valence electrons. The average molecular weight is 323 g/mol. The number of benzene rings is 1. The smallest absolute Gasteiger partial charge is 0.328 e. The third kappa shape index (κ3) is 4.32. The van der Waals surface area contributed by atoms with Crippen LogP contribution in [0.5, 0.6) is 0 Å². The molecule has 6 nitrogen and oxygen atoms in total. The molecular weight excluding hydrogens is 306 g/mol. The Balaban J connectivity index is 1.82. The first-order chi connectivity index (χ1) is 10.6. The number of carboxylic acid groups (broad SMARTS) is 1. The Morgan fingerprint density at radius 2 is 1.95 bits per heavy atom. The second-order valence-electron chi connectivity index (χ2n) is 4.80. The van der Waals surface area contributed by atoms with E-state index in [4.69, 9.17) is 9.84 Å². The van der Waals surface area contributed by atoms with Gasteiger partial charge in [0.2, 0.25) is 5.91 Å². The molecule has 22 heavy (non-hydrogen) atoms. The predicted molar refractivity (Wildman–Crippen MR) is 82.1 cm³/mol. The van der Waals surface area contributed by atoms with Gasteiger partial charge < -0.3 is 14.7 Å². The van der Waals surface area contributed by atoms with Gasteiger partial charge in [0.05, 0.1) is 24.7 Å². The molecule has 2 rings (SSSR count). The number of hydrogen-bond donors (Lipinski definition) is 1. The molecule has 0 bridgehead atoms. The lowest BCUT2D eigenvalue weighted by molar-refractivity contribution is -0.157. The predicted octanol–water partition coefficient (Wildman–Crippen LogP) is 0.914. The quantitative estimate of drug-likeness (QED) is 0.784. The molecule has 0 aliphatic carbocycles. The highest BCUT2D eigenvalue weighted by Gasteiger charge is 2.32. The molecule has 0 radical (unpaired) electrons. The standard InChI is InChI=1S/C15H17NO5S/c17-13(11-4-2-1-3-5-11)9-22-10-14(18)16-6-7-21-8-12(16)15(19)20/h1-5,12H,6-10H2,(H,19,20). The molecule has 1 unspecified atom stereocenters. The van der Waals surface area contributed by atoms with Gasteiger partial charge in [-0.15, -0.1) is 11.8 Å². The minimum Gasteiger partial charge on any atom is -0.480 e. The van der Waals surface area contributed by atoms with Crippen molar-refractivity contribution in [1.29, 1.82) is 0 Å². The van der Waals surface area contributed by atoms with E-state index in [0.717, 1.165) is 0 Å². The summed E-state index contributed by atoms with van der Waals surface area (Å²) in [5, 5.41) is 9.09. The molecule has 0 saturated carbocycles. The van der Waals surface area contributed by atoms with Crippen molar-refractivity contribution in [3.63, 3.8) is 0 Å². The Hall–Kier alpha value is -1.86. The normalized spacial score (nSPS) is 18.0. The maximum Gasteiger partial charge on any atom is 0.328 e. The summed E-state index contributed by atoms with van der Waals surface area (Å²) in [5.74, 6) is -1.12. The van der Waals surface area contributed by atoms with Gasteiger partial charge in [0, 0.05) is 12.1 Å². The van der Waals surface area contributed by atoms with E-state index >= 15 is 0 Å². The number of ketones is 1. The molecule has 1 aromatic carbocycles. The van der Waals surface area contributed by atoms with E-state index in [1.54, 1.807) is 24.3 Å². The van der Waals surface area contributed by atoms with Crippen LogP contribution in [0.2, 0.25) is 0 Å². The summed E-state index contributed by atoms with van der Waals surface area (Å²) in [6.45, 7) is 0.612. The molecule has 1 aliphatic rings. The van der Waals surface area contributed by atoms with Crippen LogP contribution in [0.25, 0.3) is 0 Å². The molecule has 1 amide bonds. The van der Waals surface area contributed by atoms with Crippen LogP contribution in [-0.2, 0) is 14.3 Å². The molecule has 1 fully saturated rings. The minimum atomic E-state index is -1.07. The Kier molecular flexibility index (Phi) is 5.97. The molecule has 1 saturated heterocycles.